The van der Waals surface area contributed by atoms with Crippen LogP contribution in [0.2, 0.25) is 0 Å². The SMILES string of the molecule is CCc1ccccc1NC(=O)CN(C)C(=O)CSc1ccc(C)c(C)c1. The van der Waals surface area contributed by atoms with Gasteiger partial charge in [0.15, 0.2) is 0 Å². The zero-order valence-electron chi connectivity index (χ0n) is 15.8. The van der Waals surface area contributed by atoms with Gasteiger partial charge in [-0.2, -0.15) is 0 Å². The number of carbonyl (C=O) groups is 2. The molecule has 4 nitrogen and oxygen atoms in total. The van der Waals surface area contributed by atoms with Crippen molar-refractivity contribution < 1.29 is 9.59 Å². The van der Waals surface area contributed by atoms with Gasteiger partial charge in [0.05, 0.1) is 12.3 Å². The van der Waals surface area contributed by atoms with Crippen molar-refractivity contribution in [2.75, 3.05) is 24.7 Å². The third-order valence-electron chi connectivity index (χ3n) is 4.32. The van der Waals surface area contributed by atoms with Crippen LogP contribution in [0.5, 0.6) is 0 Å². The molecule has 0 saturated heterocycles. The van der Waals surface area contributed by atoms with Crippen molar-refractivity contribution >= 4 is 29.3 Å². The van der Waals surface area contributed by atoms with Gasteiger partial charge in [-0.3, -0.25) is 9.59 Å². The van der Waals surface area contributed by atoms with Crippen molar-refractivity contribution in [3.8, 4) is 0 Å². The van der Waals surface area contributed by atoms with Crippen LogP contribution in [0.3, 0.4) is 0 Å². The van der Waals surface area contributed by atoms with Gasteiger partial charge in [0.1, 0.15) is 0 Å². The Kier molecular flexibility index (Phi) is 7.27. The maximum atomic E-state index is 12.3. The van der Waals surface area contributed by atoms with Gasteiger partial charge in [-0.1, -0.05) is 31.2 Å². The van der Waals surface area contributed by atoms with Gasteiger partial charge in [-0.15, -0.1) is 11.8 Å². The van der Waals surface area contributed by atoms with Gasteiger partial charge in [0, 0.05) is 17.6 Å². The summed E-state index contributed by atoms with van der Waals surface area (Å²) >= 11 is 1.49. The molecule has 0 unspecified atom stereocenters. The number of hydrogen-bond donors (Lipinski definition) is 1. The quantitative estimate of drug-likeness (QED) is 0.748. The molecule has 2 amide bonds. The molecule has 0 atom stereocenters. The molecular weight excluding hydrogens is 344 g/mol. The lowest BCUT2D eigenvalue weighted by Crippen LogP contribution is -2.36. The van der Waals surface area contributed by atoms with Crippen molar-refractivity contribution in [3.63, 3.8) is 0 Å². The first-order valence-electron chi connectivity index (χ1n) is 8.72. The molecule has 5 heteroatoms. The molecule has 0 fully saturated rings. The highest BCUT2D eigenvalue weighted by Gasteiger charge is 2.14. The topological polar surface area (TPSA) is 49.4 Å². The lowest BCUT2D eigenvalue weighted by molar-refractivity contribution is -0.131. The van der Waals surface area contributed by atoms with Crippen molar-refractivity contribution in [2.24, 2.45) is 0 Å². The molecule has 0 bridgehead atoms. The monoisotopic (exact) mass is 370 g/mol. The van der Waals surface area contributed by atoms with Gasteiger partial charge in [-0.05, 0) is 55.2 Å². The second kappa shape index (κ2) is 9.43. The Morgan fingerprint density at radius 2 is 1.81 bits per heavy atom. The lowest BCUT2D eigenvalue weighted by atomic mass is 10.1. The number of thioether (sulfide) groups is 1. The third-order valence-corrected chi connectivity index (χ3v) is 5.30. The van der Waals surface area contributed by atoms with Crippen LogP contribution in [-0.4, -0.2) is 36.1 Å². The first kappa shape index (κ1) is 20.0. The molecule has 0 heterocycles. The van der Waals surface area contributed by atoms with E-state index in [-0.39, 0.29) is 18.4 Å². The van der Waals surface area contributed by atoms with Crippen molar-refractivity contribution in [1.29, 1.82) is 0 Å². The smallest absolute Gasteiger partial charge is 0.243 e. The molecule has 2 rings (SSSR count). The fraction of sp³-hybridized carbons (Fsp3) is 0.333. The number of hydrogen-bond acceptors (Lipinski definition) is 3. The van der Waals surface area contributed by atoms with E-state index in [2.05, 4.69) is 31.3 Å². The molecule has 0 spiro atoms. The number of likely N-dealkylation sites (N-methyl/N-ethyl adjacent to an activating group) is 1. The predicted molar refractivity (Wildman–Crippen MR) is 109 cm³/mol. The average Bonchev–Trinajstić information content (AvgIpc) is 2.62. The first-order chi connectivity index (χ1) is 12.4. The first-order valence-corrected chi connectivity index (χ1v) is 9.71. The van der Waals surface area contributed by atoms with Gasteiger partial charge >= 0.3 is 0 Å². The summed E-state index contributed by atoms with van der Waals surface area (Å²) in [5, 5.41) is 2.90. The van der Waals surface area contributed by atoms with E-state index in [0.29, 0.717) is 5.75 Å². The Balaban J connectivity index is 1.85. The second-order valence-electron chi connectivity index (χ2n) is 6.34. The fourth-order valence-electron chi connectivity index (χ4n) is 2.50. The van der Waals surface area contributed by atoms with E-state index in [1.165, 1.54) is 27.8 Å². The molecule has 0 saturated carbocycles. The normalized spacial score (nSPS) is 10.5. The summed E-state index contributed by atoms with van der Waals surface area (Å²) in [4.78, 5) is 27.1. The Hall–Kier alpha value is -2.27. The molecule has 2 aromatic carbocycles. The Labute approximate surface area is 160 Å². The van der Waals surface area contributed by atoms with Crippen LogP contribution in [0.25, 0.3) is 0 Å². The summed E-state index contributed by atoms with van der Waals surface area (Å²) in [5.74, 6) is 0.0720. The van der Waals surface area contributed by atoms with E-state index in [4.69, 9.17) is 0 Å². The minimum atomic E-state index is -0.182. The van der Waals surface area contributed by atoms with Crippen LogP contribution in [0, 0.1) is 13.8 Å². The molecular formula is C21H26N2O2S. The average molecular weight is 371 g/mol. The maximum absolute atomic E-state index is 12.3. The number of anilines is 1. The largest absolute Gasteiger partial charge is 0.336 e. The molecule has 0 aliphatic carbocycles. The summed E-state index contributed by atoms with van der Waals surface area (Å²) in [6.45, 7) is 6.22. The van der Waals surface area contributed by atoms with Crippen molar-refractivity contribution in [3.05, 3.63) is 59.2 Å². The molecule has 0 radical (unpaired) electrons. The number of benzene rings is 2. The number of nitrogens with zero attached hydrogens (tertiary/aromatic N) is 1. The van der Waals surface area contributed by atoms with Gasteiger partial charge in [-0.25, -0.2) is 0 Å². The Morgan fingerprint density at radius 3 is 2.50 bits per heavy atom. The number of rotatable bonds is 7. The minimum Gasteiger partial charge on any atom is -0.336 e. The highest BCUT2D eigenvalue weighted by atomic mass is 32.2. The van der Waals surface area contributed by atoms with E-state index < -0.39 is 0 Å². The molecule has 1 N–H and O–H groups in total. The van der Waals surface area contributed by atoms with E-state index >= 15 is 0 Å². The number of amides is 2. The number of para-hydroxylation sites is 1. The lowest BCUT2D eigenvalue weighted by Gasteiger charge is -2.17. The van der Waals surface area contributed by atoms with Gasteiger partial charge in [0.2, 0.25) is 11.8 Å². The van der Waals surface area contributed by atoms with E-state index in [9.17, 15) is 9.59 Å². The van der Waals surface area contributed by atoms with Crippen LogP contribution >= 0.6 is 11.8 Å². The Bertz CT molecular complexity index is 789. The number of aryl methyl sites for hydroxylation is 3. The van der Waals surface area contributed by atoms with Crippen LogP contribution < -0.4 is 5.32 Å². The fourth-order valence-corrected chi connectivity index (χ4v) is 3.44. The molecule has 2 aromatic rings. The molecule has 26 heavy (non-hydrogen) atoms. The van der Waals surface area contributed by atoms with Crippen LogP contribution in [0.15, 0.2) is 47.4 Å². The standard InChI is InChI=1S/C21H26N2O2S/c1-5-17-8-6-7-9-19(17)22-20(24)13-23(4)21(25)14-26-18-11-10-15(2)16(3)12-18/h6-12H,5,13-14H2,1-4H3,(H,22,24). The summed E-state index contributed by atoms with van der Waals surface area (Å²) < 4.78 is 0. The summed E-state index contributed by atoms with van der Waals surface area (Å²) in [6, 6.07) is 13.9. The predicted octanol–water partition coefficient (Wildman–Crippen LogP) is 4.06. The highest BCUT2D eigenvalue weighted by molar-refractivity contribution is 8.00. The molecule has 0 aromatic heterocycles. The molecule has 0 aliphatic rings. The Morgan fingerprint density at radius 1 is 1.08 bits per heavy atom. The van der Waals surface area contributed by atoms with Gasteiger partial charge in [0.25, 0.3) is 0 Å². The summed E-state index contributed by atoms with van der Waals surface area (Å²) in [5.41, 5.74) is 4.34. The molecule has 0 aliphatic heterocycles. The zero-order chi connectivity index (χ0) is 19.1. The summed E-state index contributed by atoms with van der Waals surface area (Å²) in [6.07, 6.45) is 0.845. The molecule has 138 valence electrons. The van der Waals surface area contributed by atoms with Gasteiger partial charge < -0.3 is 10.2 Å². The van der Waals surface area contributed by atoms with E-state index in [1.54, 1.807) is 7.05 Å². The van der Waals surface area contributed by atoms with E-state index in [0.717, 1.165) is 22.6 Å². The van der Waals surface area contributed by atoms with Crippen LogP contribution in [0.1, 0.15) is 23.6 Å². The van der Waals surface area contributed by atoms with Crippen molar-refractivity contribution in [1.82, 2.24) is 4.90 Å². The summed E-state index contributed by atoms with van der Waals surface area (Å²) in [7, 11) is 1.66. The number of carbonyl (C=O) groups excluding carboxylic acids is 2. The van der Waals surface area contributed by atoms with Crippen molar-refractivity contribution in [2.45, 2.75) is 32.1 Å². The highest BCUT2D eigenvalue weighted by Crippen LogP contribution is 2.21. The van der Waals surface area contributed by atoms with Crippen LogP contribution in [0.4, 0.5) is 5.69 Å². The zero-order valence-corrected chi connectivity index (χ0v) is 16.7. The number of nitrogens with one attached hydrogen (secondary N) is 1. The minimum absolute atomic E-state index is 0.0460. The maximum Gasteiger partial charge on any atom is 0.243 e. The van der Waals surface area contributed by atoms with Crippen LogP contribution in [-0.2, 0) is 16.0 Å². The van der Waals surface area contributed by atoms with E-state index in [1.807, 2.05) is 37.3 Å². The second-order valence-corrected chi connectivity index (χ2v) is 7.39. The third kappa shape index (κ3) is 5.63.